The molecule has 3 nitrogen and oxygen atoms in total. The monoisotopic (exact) mass is 697 g/mol. The SMILES string of the molecule is B=c1oc2c(B)c(B)c(B)c(B)c2/c1=C(\B)c1c(C)n(-c2ccc(-c3ccc(-c4ccc5oc6ccccc6c5c4)cc3)cc2)c2c(B)c(B)c(B)c(B)c12. The molecule has 0 unspecified atom stereocenters. The molecule has 0 N–H and O–H groups in total. The molecule has 0 atom stereocenters. The fourth-order valence-corrected chi connectivity index (χ4v) is 9.23. The summed E-state index contributed by atoms with van der Waals surface area (Å²) >= 11 is 0. The van der Waals surface area contributed by atoms with Gasteiger partial charge in [-0.3, -0.25) is 0 Å². The molecule has 13 heteroatoms. The number of furan rings is 2. The summed E-state index contributed by atoms with van der Waals surface area (Å²) in [6.45, 7) is 2.28. The van der Waals surface area contributed by atoms with Crippen LogP contribution in [0.3, 0.4) is 0 Å². The van der Waals surface area contributed by atoms with Crippen molar-refractivity contribution in [3.8, 4) is 27.9 Å². The molecule has 0 saturated heterocycles. The Labute approximate surface area is 330 Å². The molecule has 6 aromatic carbocycles. The molecule has 0 fully saturated rings. The Morgan fingerprint density at radius 2 is 1.07 bits per heavy atom. The molecule has 0 saturated carbocycles. The number of hydrogen-bond donors (Lipinski definition) is 0. The zero-order valence-electron chi connectivity index (χ0n) is 33.6. The summed E-state index contributed by atoms with van der Waals surface area (Å²) in [7, 11) is 24.6. The van der Waals surface area contributed by atoms with E-state index < -0.39 is 0 Å². The van der Waals surface area contributed by atoms with Crippen molar-refractivity contribution in [1.29, 1.82) is 0 Å². The Morgan fingerprint density at radius 3 is 1.75 bits per heavy atom. The Hall–Kier alpha value is -5.28. The third-order valence-electron chi connectivity index (χ3n) is 13.0. The molecule has 3 heterocycles. The van der Waals surface area contributed by atoms with Crippen LogP contribution in [-0.2, 0) is 0 Å². The summed E-state index contributed by atoms with van der Waals surface area (Å²) in [5.74, 6) is 0. The summed E-state index contributed by atoms with van der Waals surface area (Å²) in [4.78, 5) is 0. The minimum atomic E-state index is 0.730. The zero-order valence-corrected chi connectivity index (χ0v) is 33.6. The maximum absolute atomic E-state index is 6.50. The minimum absolute atomic E-state index is 0.730. The second-order valence-electron chi connectivity index (χ2n) is 15.7. The molecule has 0 aliphatic heterocycles. The van der Waals surface area contributed by atoms with Gasteiger partial charge in [0.25, 0.3) is 0 Å². The fraction of sp³-hybridized carbons (Fsp3) is 0.0238. The van der Waals surface area contributed by atoms with Crippen molar-refractivity contribution in [2.45, 2.75) is 6.92 Å². The van der Waals surface area contributed by atoms with Gasteiger partial charge in [0.1, 0.15) is 11.2 Å². The summed E-state index contributed by atoms with van der Waals surface area (Å²) in [6.07, 6.45) is 0. The summed E-state index contributed by atoms with van der Waals surface area (Å²) in [5, 5.41) is 6.64. The molecular formula is C42H37B10NO2. The zero-order chi connectivity index (χ0) is 38.6. The van der Waals surface area contributed by atoms with Gasteiger partial charge in [0.05, 0.1) is 0 Å². The van der Waals surface area contributed by atoms with Crippen LogP contribution in [0.5, 0.6) is 0 Å². The van der Waals surface area contributed by atoms with Crippen molar-refractivity contribution in [3.05, 3.63) is 113 Å². The topological polar surface area (TPSA) is 31.2 Å². The number of aromatic nitrogens is 1. The van der Waals surface area contributed by atoms with E-state index in [1.165, 1.54) is 99.0 Å². The molecule has 9 rings (SSSR count). The van der Waals surface area contributed by atoms with E-state index in [1.54, 1.807) is 0 Å². The van der Waals surface area contributed by atoms with Crippen LogP contribution in [0.4, 0.5) is 0 Å². The number of para-hydroxylation sites is 1. The van der Waals surface area contributed by atoms with Gasteiger partial charge >= 0.3 is 240 Å². The van der Waals surface area contributed by atoms with Gasteiger partial charge in [-0.25, -0.2) is 0 Å². The van der Waals surface area contributed by atoms with Gasteiger partial charge in [-0.05, 0) is 29.3 Å². The van der Waals surface area contributed by atoms with E-state index in [2.05, 4.69) is 168 Å². The number of rotatable bonds is 4. The molecule has 0 radical (unpaired) electrons. The Kier molecular flexibility index (Phi) is 8.31. The van der Waals surface area contributed by atoms with Gasteiger partial charge in [0.2, 0.25) is 0 Å². The van der Waals surface area contributed by atoms with Gasteiger partial charge in [-0.15, -0.1) is 0 Å². The van der Waals surface area contributed by atoms with Gasteiger partial charge in [0.15, 0.2) is 0 Å². The number of hydrogen-bond acceptors (Lipinski definition) is 2. The van der Waals surface area contributed by atoms with E-state index >= 15 is 0 Å². The van der Waals surface area contributed by atoms with Crippen LogP contribution in [0.1, 0.15) is 11.3 Å². The normalized spacial score (nSPS) is 12.4. The van der Waals surface area contributed by atoms with E-state index in [4.69, 9.17) is 8.83 Å². The Bertz CT molecular complexity index is 3220. The second kappa shape index (κ2) is 12.9. The van der Waals surface area contributed by atoms with Gasteiger partial charge in [-0.1, -0.05) is 36.4 Å². The van der Waals surface area contributed by atoms with E-state index in [1.807, 2.05) is 12.1 Å². The van der Waals surface area contributed by atoms with E-state index in [9.17, 15) is 0 Å². The standard InChI is InChI=1S/C42H37B10NO2/c1-17-27(31(43)30-29-33(45)35(47)37(49)39(51)41(29)55-42(30)52)28-32(44)34(46)36(48)38(50)40(28)53(17)22-13-10-19(11-14-22)18-6-8-20(9-7-18)21-12-15-26-24(16-21)23-4-2-3-5-25(23)54-26/h2-16,52H,43-51H2,1H3/b31-30+. The van der Waals surface area contributed by atoms with Crippen LogP contribution < -0.4 is 48.9 Å². The van der Waals surface area contributed by atoms with Crippen LogP contribution in [0, 0.1) is 12.2 Å². The van der Waals surface area contributed by atoms with Crippen molar-refractivity contribution in [2.75, 3.05) is 0 Å². The summed E-state index contributed by atoms with van der Waals surface area (Å²) in [5.41, 5.74) is 24.0. The molecular weight excluding hydrogens is 659 g/mol. The first-order valence-electron chi connectivity index (χ1n) is 19.3. The fourth-order valence-electron chi connectivity index (χ4n) is 9.23. The van der Waals surface area contributed by atoms with Crippen LogP contribution in [0.2, 0.25) is 0 Å². The first kappa shape index (κ1) is 35.4. The van der Waals surface area contributed by atoms with Crippen LogP contribution in [-0.4, -0.2) is 82.7 Å². The van der Waals surface area contributed by atoms with E-state index in [-0.39, 0.29) is 0 Å². The molecule has 0 amide bonds. The van der Waals surface area contributed by atoms with Crippen molar-refractivity contribution < 1.29 is 8.83 Å². The summed E-state index contributed by atoms with van der Waals surface area (Å²) < 4.78 is 15.1. The van der Waals surface area contributed by atoms with Crippen molar-refractivity contribution >= 4 is 171 Å². The molecule has 9 aromatic rings. The van der Waals surface area contributed by atoms with Crippen LogP contribution >= 0.6 is 0 Å². The van der Waals surface area contributed by atoms with Crippen LogP contribution in [0.25, 0.3) is 77.2 Å². The number of nitrogens with zero attached hydrogens (tertiary/aromatic N) is 1. The third kappa shape index (κ3) is 5.22. The van der Waals surface area contributed by atoms with E-state index in [0.29, 0.717) is 0 Å². The molecule has 0 spiro atoms. The first-order valence-corrected chi connectivity index (χ1v) is 19.3. The van der Waals surface area contributed by atoms with Gasteiger partial charge < -0.3 is 4.42 Å². The average molecular weight is 696 g/mol. The second-order valence-corrected chi connectivity index (χ2v) is 15.7. The average Bonchev–Trinajstić information content (AvgIpc) is 3.86. The molecule has 0 aliphatic carbocycles. The predicted octanol–water partition coefficient (Wildman–Crippen LogP) is -5.07. The first-order chi connectivity index (χ1) is 26.4. The van der Waals surface area contributed by atoms with Crippen molar-refractivity contribution in [2.24, 2.45) is 0 Å². The van der Waals surface area contributed by atoms with Crippen LogP contribution in [0.15, 0.2) is 99.8 Å². The quantitative estimate of drug-likeness (QED) is 0.173. The summed E-state index contributed by atoms with van der Waals surface area (Å²) in [6, 6.07) is 32.7. The van der Waals surface area contributed by atoms with Gasteiger partial charge in [-0.2, -0.15) is 0 Å². The maximum atomic E-state index is 6.50. The van der Waals surface area contributed by atoms with E-state index in [0.717, 1.165) is 43.7 Å². The number of fused-ring (bicyclic) bond motifs is 5. The molecule has 0 bridgehead atoms. The molecule has 55 heavy (non-hydrogen) atoms. The Morgan fingerprint density at radius 1 is 0.545 bits per heavy atom. The predicted molar refractivity (Wildman–Crippen MR) is 264 cm³/mol. The third-order valence-corrected chi connectivity index (χ3v) is 13.0. The van der Waals surface area contributed by atoms with Gasteiger partial charge in [0, 0.05) is 10.8 Å². The Balaban J connectivity index is 1.17. The molecule has 0 aliphatic rings. The number of benzene rings is 6. The molecule has 3 aromatic heterocycles. The van der Waals surface area contributed by atoms with Crippen molar-refractivity contribution in [1.82, 2.24) is 4.57 Å². The van der Waals surface area contributed by atoms with Crippen molar-refractivity contribution in [3.63, 3.8) is 0 Å². The molecule has 252 valence electrons.